The normalized spacial score (nSPS) is 19.1. The molecule has 0 unspecified atom stereocenters. The zero-order valence-electron chi connectivity index (χ0n) is 16.7. The molecule has 0 saturated carbocycles. The summed E-state index contributed by atoms with van der Waals surface area (Å²) in [7, 11) is 0. The highest BCUT2D eigenvalue weighted by molar-refractivity contribution is 6.30. The number of aliphatic hydroxyl groups is 2. The Balaban J connectivity index is 1.64. The maximum absolute atomic E-state index is 9.17. The molecule has 4 heterocycles. The third kappa shape index (κ3) is 4.68. The fourth-order valence-corrected chi connectivity index (χ4v) is 4.35. The lowest BCUT2D eigenvalue weighted by molar-refractivity contribution is 0.188. The monoisotopic (exact) mass is 456 g/mol. The molecule has 0 aromatic carbocycles. The predicted molar refractivity (Wildman–Crippen MR) is 117 cm³/mol. The van der Waals surface area contributed by atoms with Gasteiger partial charge in [0.15, 0.2) is 11.6 Å². The minimum atomic E-state index is 0.153. The van der Waals surface area contributed by atoms with E-state index in [2.05, 4.69) is 39.5 Å². The summed E-state index contributed by atoms with van der Waals surface area (Å²) in [6.07, 6.45) is 0. The lowest BCUT2D eigenvalue weighted by Crippen LogP contribution is -2.48. The van der Waals surface area contributed by atoms with E-state index in [1.807, 2.05) is 0 Å². The predicted octanol–water partition coefficient (Wildman–Crippen LogP) is -0.0448. The molecule has 2 fully saturated rings. The maximum atomic E-state index is 9.17. The van der Waals surface area contributed by atoms with Crippen molar-refractivity contribution in [2.45, 2.75) is 0 Å². The third-order valence-corrected chi connectivity index (χ3v) is 5.97. The van der Waals surface area contributed by atoms with Gasteiger partial charge in [0.05, 0.1) is 13.2 Å². The topological polar surface area (TPSA) is 105 Å². The SMILES string of the molecule is OCCN1CCN(c2nc(Cl)nc3c(N4CCN(CCO)CC4)nc(Cl)nc23)CC1. The van der Waals surface area contributed by atoms with Crippen molar-refractivity contribution in [2.24, 2.45) is 0 Å². The first kappa shape index (κ1) is 21.7. The van der Waals surface area contributed by atoms with E-state index in [1.54, 1.807) is 0 Å². The van der Waals surface area contributed by atoms with Crippen LogP contribution in [0.5, 0.6) is 0 Å². The van der Waals surface area contributed by atoms with Crippen molar-refractivity contribution in [1.82, 2.24) is 29.7 Å². The Labute approximate surface area is 185 Å². The number of piperazine rings is 2. The third-order valence-electron chi connectivity index (χ3n) is 5.63. The molecule has 2 N–H and O–H groups in total. The van der Waals surface area contributed by atoms with Gasteiger partial charge in [-0.25, -0.2) is 9.97 Å². The molecule has 2 saturated heterocycles. The molecular formula is C18H26Cl2N8O2. The number of aliphatic hydroxyl groups excluding tert-OH is 2. The van der Waals surface area contributed by atoms with Crippen LogP contribution >= 0.6 is 23.2 Å². The number of aromatic nitrogens is 4. The lowest BCUT2D eigenvalue weighted by atomic mass is 10.2. The van der Waals surface area contributed by atoms with Crippen molar-refractivity contribution in [3.8, 4) is 0 Å². The molecule has 4 rings (SSSR count). The van der Waals surface area contributed by atoms with E-state index in [-0.39, 0.29) is 23.8 Å². The summed E-state index contributed by atoms with van der Waals surface area (Å²) < 4.78 is 0. The second-order valence-electron chi connectivity index (χ2n) is 7.43. The molecule has 0 atom stereocenters. The number of halogens is 2. The molecule has 0 aliphatic carbocycles. The molecule has 0 spiro atoms. The Bertz CT molecular complexity index is 802. The second-order valence-corrected chi connectivity index (χ2v) is 8.11. The van der Waals surface area contributed by atoms with Crippen molar-refractivity contribution in [2.75, 3.05) is 88.5 Å². The van der Waals surface area contributed by atoms with Crippen LogP contribution in [-0.2, 0) is 0 Å². The number of anilines is 2. The average Bonchev–Trinajstić information content (AvgIpc) is 2.75. The van der Waals surface area contributed by atoms with E-state index in [4.69, 9.17) is 33.4 Å². The van der Waals surface area contributed by atoms with Gasteiger partial charge in [0, 0.05) is 65.4 Å². The van der Waals surface area contributed by atoms with Crippen molar-refractivity contribution >= 4 is 45.9 Å². The number of fused-ring (bicyclic) bond motifs is 1. The molecule has 2 aromatic heterocycles. The van der Waals surface area contributed by atoms with E-state index in [1.165, 1.54) is 0 Å². The summed E-state index contributed by atoms with van der Waals surface area (Å²) >= 11 is 12.6. The van der Waals surface area contributed by atoms with Crippen molar-refractivity contribution in [1.29, 1.82) is 0 Å². The molecule has 0 radical (unpaired) electrons. The van der Waals surface area contributed by atoms with E-state index < -0.39 is 0 Å². The molecule has 10 nitrogen and oxygen atoms in total. The molecule has 2 aliphatic rings. The Morgan fingerprint density at radius 3 is 1.30 bits per heavy atom. The minimum absolute atomic E-state index is 0.153. The van der Waals surface area contributed by atoms with Crippen molar-refractivity contribution < 1.29 is 10.2 Å². The fraction of sp³-hybridized carbons (Fsp3) is 0.667. The van der Waals surface area contributed by atoms with Crippen LogP contribution in [0.3, 0.4) is 0 Å². The van der Waals surface area contributed by atoms with Crippen LogP contribution in [0.15, 0.2) is 0 Å². The van der Waals surface area contributed by atoms with Gasteiger partial charge >= 0.3 is 0 Å². The van der Waals surface area contributed by atoms with Crippen LogP contribution in [0.4, 0.5) is 11.6 Å². The molecule has 0 amide bonds. The maximum Gasteiger partial charge on any atom is 0.225 e. The Morgan fingerprint density at radius 1 is 0.600 bits per heavy atom. The van der Waals surface area contributed by atoms with Crippen molar-refractivity contribution in [3.05, 3.63) is 10.6 Å². The van der Waals surface area contributed by atoms with Gasteiger partial charge in [0.25, 0.3) is 0 Å². The zero-order chi connectivity index (χ0) is 21.1. The van der Waals surface area contributed by atoms with Gasteiger partial charge < -0.3 is 20.0 Å². The van der Waals surface area contributed by atoms with Crippen LogP contribution in [-0.4, -0.2) is 119 Å². The Morgan fingerprint density at radius 2 is 0.967 bits per heavy atom. The summed E-state index contributed by atoms with van der Waals surface area (Å²) in [5, 5.41) is 18.6. The van der Waals surface area contributed by atoms with Gasteiger partial charge in [0.2, 0.25) is 10.6 Å². The lowest BCUT2D eigenvalue weighted by Gasteiger charge is -2.36. The Hall–Kier alpha value is -1.56. The van der Waals surface area contributed by atoms with Gasteiger partial charge in [-0.3, -0.25) is 9.80 Å². The summed E-state index contributed by atoms with van der Waals surface area (Å²) in [6, 6.07) is 0. The number of hydrogen-bond acceptors (Lipinski definition) is 10. The van der Waals surface area contributed by atoms with E-state index in [0.29, 0.717) is 35.8 Å². The van der Waals surface area contributed by atoms with Gasteiger partial charge in [-0.1, -0.05) is 0 Å². The first-order chi connectivity index (χ1) is 14.6. The van der Waals surface area contributed by atoms with Crippen LogP contribution in [0.25, 0.3) is 11.0 Å². The second kappa shape index (κ2) is 9.71. The van der Waals surface area contributed by atoms with E-state index >= 15 is 0 Å². The molecule has 30 heavy (non-hydrogen) atoms. The molecule has 2 aromatic rings. The van der Waals surface area contributed by atoms with Crippen molar-refractivity contribution in [3.63, 3.8) is 0 Å². The first-order valence-corrected chi connectivity index (χ1v) is 10.9. The number of β-amino-alcohol motifs (C(OH)–C–C–N with tert-alkyl or cyclic N) is 2. The highest BCUT2D eigenvalue weighted by Crippen LogP contribution is 2.31. The van der Waals surface area contributed by atoms with E-state index in [9.17, 15) is 0 Å². The van der Waals surface area contributed by atoms with E-state index in [0.717, 1.165) is 52.4 Å². The highest BCUT2D eigenvalue weighted by Gasteiger charge is 2.26. The molecule has 0 bridgehead atoms. The summed E-state index contributed by atoms with van der Waals surface area (Å²) in [4.78, 5) is 26.5. The van der Waals surface area contributed by atoms with Gasteiger partial charge in [-0.15, -0.1) is 0 Å². The molecular weight excluding hydrogens is 431 g/mol. The van der Waals surface area contributed by atoms with Gasteiger partial charge in [0.1, 0.15) is 11.0 Å². The smallest absolute Gasteiger partial charge is 0.225 e. The fourth-order valence-electron chi connectivity index (χ4n) is 4.02. The van der Waals surface area contributed by atoms with Gasteiger partial charge in [-0.05, 0) is 23.2 Å². The average molecular weight is 457 g/mol. The minimum Gasteiger partial charge on any atom is -0.395 e. The standard InChI is InChI=1S/C18H26Cl2N8O2/c19-17-22-14-13(15(23-17)27-5-1-25(2-6-27)9-11-29)21-18(20)24-16(14)28-7-3-26(4-8-28)10-12-30/h29-30H,1-12H2. The van der Waals surface area contributed by atoms with Crippen LogP contribution in [0.2, 0.25) is 10.6 Å². The highest BCUT2D eigenvalue weighted by atomic mass is 35.5. The number of rotatable bonds is 6. The zero-order valence-corrected chi connectivity index (χ0v) is 18.2. The summed E-state index contributed by atoms with van der Waals surface area (Å²) in [5.74, 6) is 1.33. The number of nitrogens with zero attached hydrogens (tertiary/aromatic N) is 8. The van der Waals surface area contributed by atoms with Gasteiger partial charge in [-0.2, -0.15) is 9.97 Å². The van der Waals surface area contributed by atoms with Crippen LogP contribution < -0.4 is 9.80 Å². The largest absolute Gasteiger partial charge is 0.395 e. The number of hydrogen-bond donors (Lipinski definition) is 2. The molecule has 12 heteroatoms. The molecule has 164 valence electrons. The van der Waals surface area contributed by atoms with Crippen LogP contribution in [0.1, 0.15) is 0 Å². The first-order valence-electron chi connectivity index (χ1n) is 10.2. The Kier molecular flexibility index (Phi) is 7.01. The van der Waals surface area contributed by atoms with Crippen LogP contribution in [0, 0.1) is 0 Å². The summed E-state index contributed by atoms with van der Waals surface area (Å²) in [6.45, 7) is 7.92. The quantitative estimate of drug-likeness (QED) is 0.574. The molecule has 2 aliphatic heterocycles. The summed E-state index contributed by atoms with van der Waals surface area (Å²) in [5.41, 5.74) is 1.20.